The van der Waals surface area contributed by atoms with Gasteiger partial charge >= 0.3 is 0 Å². The first kappa shape index (κ1) is 29.5. The van der Waals surface area contributed by atoms with Crippen molar-refractivity contribution in [1.82, 2.24) is 0 Å². The highest BCUT2D eigenvalue weighted by Crippen LogP contribution is 2.38. The van der Waals surface area contributed by atoms with Crippen LogP contribution in [0.5, 0.6) is 17.2 Å². The molecule has 1 heterocycles. The smallest absolute Gasteiger partial charge is 0.197 e. The van der Waals surface area contributed by atoms with E-state index in [0.717, 1.165) is 16.5 Å². The Morgan fingerprint density at radius 1 is 0.737 bits per heavy atom. The number of hydrogen-bond donors (Lipinski definition) is 0. The Kier molecular flexibility index (Phi) is 11.5. The minimum Gasteiger partial charge on any atom is -0.493 e. The van der Waals surface area contributed by atoms with E-state index in [1.807, 2.05) is 90.1 Å². The molecule has 0 aliphatic rings. The number of hydrogen-bond acceptors (Lipinski definition) is 8. The van der Waals surface area contributed by atoms with Crippen LogP contribution in [0.25, 0.3) is 28.4 Å². The molecule has 3 rings (SSSR count). The molecule has 0 fully saturated rings. The van der Waals surface area contributed by atoms with Crippen molar-refractivity contribution >= 4 is 17.0 Å². The van der Waals surface area contributed by atoms with Gasteiger partial charge in [0.2, 0.25) is 0 Å². The molecule has 0 amide bonds. The Labute approximate surface area is 225 Å². The summed E-state index contributed by atoms with van der Waals surface area (Å²) >= 11 is 0. The van der Waals surface area contributed by atoms with E-state index >= 15 is 0 Å². The van der Waals surface area contributed by atoms with E-state index in [1.54, 1.807) is 7.11 Å². The van der Waals surface area contributed by atoms with Crippen molar-refractivity contribution < 1.29 is 37.6 Å². The number of furan rings is 1. The predicted octanol–water partition coefficient (Wildman–Crippen LogP) is 7.04. The SMILES string of the molecule is CCOC(C)OC/C=C/c1cc(OC(C)OCC)c2oc(-c3ccc(OC(C)OCC)c(OC)c3)cc2c1. The van der Waals surface area contributed by atoms with Crippen LogP contribution in [0.1, 0.15) is 47.1 Å². The van der Waals surface area contributed by atoms with Crippen LogP contribution in [0.4, 0.5) is 0 Å². The summed E-state index contributed by atoms with van der Waals surface area (Å²) in [6.45, 7) is 13.5. The van der Waals surface area contributed by atoms with E-state index in [-0.39, 0.29) is 6.29 Å². The molecule has 0 N–H and O–H groups in total. The molecule has 1 aromatic heterocycles. The molecule has 8 heteroatoms. The van der Waals surface area contributed by atoms with E-state index in [4.69, 9.17) is 37.6 Å². The van der Waals surface area contributed by atoms with Gasteiger partial charge in [-0.2, -0.15) is 0 Å². The van der Waals surface area contributed by atoms with Crippen molar-refractivity contribution in [1.29, 1.82) is 0 Å². The van der Waals surface area contributed by atoms with E-state index in [9.17, 15) is 0 Å². The largest absolute Gasteiger partial charge is 0.493 e. The molecule has 0 radical (unpaired) electrons. The van der Waals surface area contributed by atoms with Gasteiger partial charge in [0.05, 0.1) is 13.7 Å². The van der Waals surface area contributed by atoms with Gasteiger partial charge in [0, 0.05) is 30.8 Å². The number of rotatable bonds is 16. The maximum Gasteiger partial charge on any atom is 0.197 e. The maximum absolute atomic E-state index is 6.30. The average Bonchev–Trinajstić information content (AvgIpc) is 3.32. The normalized spacial score (nSPS) is 14.1. The molecule has 0 aliphatic carbocycles. The second kappa shape index (κ2) is 14.8. The standard InChI is InChI=1S/C30H40O8/c1-8-32-20(4)35-15-11-12-23-16-25-19-27(38-30(25)29(17-23)37-22(6)34-10-3)24-13-14-26(28(18-24)31-7)36-21(5)33-9-2/h11-14,16-22H,8-10,15H2,1-7H3/b12-11+. The van der Waals surface area contributed by atoms with Gasteiger partial charge in [-0.3, -0.25) is 0 Å². The van der Waals surface area contributed by atoms with Crippen LogP contribution in [-0.4, -0.2) is 52.4 Å². The van der Waals surface area contributed by atoms with Crippen LogP contribution in [0.2, 0.25) is 0 Å². The van der Waals surface area contributed by atoms with Crippen LogP contribution in [-0.2, 0) is 18.9 Å². The molecule has 3 unspecified atom stereocenters. The average molecular weight is 529 g/mol. The second-order valence-electron chi connectivity index (χ2n) is 8.45. The number of methoxy groups -OCH3 is 1. The summed E-state index contributed by atoms with van der Waals surface area (Å²) < 4.78 is 46.0. The summed E-state index contributed by atoms with van der Waals surface area (Å²) in [7, 11) is 1.61. The summed E-state index contributed by atoms with van der Waals surface area (Å²) in [6, 6.07) is 11.6. The molecular weight excluding hydrogens is 488 g/mol. The van der Waals surface area contributed by atoms with Gasteiger partial charge in [-0.25, -0.2) is 0 Å². The van der Waals surface area contributed by atoms with E-state index in [2.05, 4.69) is 0 Å². The molecule has 38 heavy (non-hydrogen) atoms. The Morgan fingerprint density at radius 3 is 2.05 bits per heavy atom. The Balaban J connectivity index is 1.92. The molecule has 208 valence electrons. The fraction of sp³-hybridized carbons (Fsp3) is 0.467. The van der Waals surface area contributed by atoms with Crippen LogP contribution < -0.4 is 14.2 Å². The minimum absolute atomic E-state index is 0.259. The minimum atomic E-state index is -0.435. The highest BCUT2D eigenvalue weighted by atomic mass is 16.7. The van der Waals surface area contributed by atoms with Gasteiger partial charge in [0.15, 0.2) is 41.7 Å². The summed E-state index contributed by atoms with van der Waals surface area (Å²) in [5.41, 5.74) is 2.42. The van der Waals surface area contributed by atoms with Crippen LogP contribution in [0, 0.1) is 0 Å². The Hall–Kier alpha value is -3.04. The third-order valence-corrected chi connectivity index (χ3v) is 5.58. The van der Waals surface area contributed by atoms with Gasteiger partial charge in [-0.1, -0.05) is 12.2 Å². The summed E-state index contributed by atoms with van der Waals surface area (Å²) in [5, 5.41) is 0.897. The molecule has 3 aromatic rings. The molecule has 2 aromatic carbocycles. The van der Waals surface area contributed by atoms with Crippen molar-refractivity contribution in [2.45, 2.75) is 60.4 Å². The van der Waals surface area contributed by atoms with Crippen LogP contribution in [0.3, 0.4) is 0 Å². The van der Waals surface area contributed by atoms with Crippen molar-refractivity contribution in [3.8, 4) is 28.6 Å². The second-order valence-corrected chi connectivity index (χ2v) is 8.45. The number of ether oxygens (including phenoxy) is 7. The number of fused-ring (bicyclic) bond motifs is 1. The van der Waals surface area contributed by atoms with E-state index < -0.39 is 12.6 Å². The lowest BCUT2D eigenvalue weighted by atomic mass is 10.1. The van der Waals surface area contributed by atoms with Gasteiger partial charge in [-0.15, -0.1) is 0 Å². The lowest BCUT2D eigenvalue weighted by molar-refractivity contribution is -0.118. The highest BCUT2D eigenvalue weighted by molar-refractivity contribution is 5.89. The fourth-order valence-electron chi connectivity index (χ4n) is 3.94. The molecule has 3 atom stereocenters. The molecular formula is C30H40O8. The van der Waals surface area contributed by atoms with Crippen molar-refractivity contribution in [3.63, 3.8) is 0 Å². The van der Waals surface area contributed by atoms with Gasteiger partial charge in [-0.05, 0) is 83.5 Å². The highest BCUT2D eigenvalue weighted by Gasteiger charge is 2.17. The molecule has 8 nitrogen and oxygen atoms in total. The van der Waals surface area contributed by atoms with Crippen molar-refractivity contribution in [2.75, 3.05) is 33.5 Å². The van der Waals surface area contributed by atoms with Gasteiger partial charge in [0.1, 0.15) is 5.76 Å². The molecule has 0 spiro atoms. The van der Waals surface area contributed by atoms with Crippen molar-refractivity contribution in [3.05, 3.63) is 48.0 Å². The topological polar surface area (TPSA) is 77.8 Å². The van der Waals surface area contributed by atoms with Crippen molar-refractivity contribution in [2.24, 2.45) is 0 Å². The molecule has 0 saturated carbocycles. The van der Waals surface area contributed by atoms with E-state index in [1.165, 1.54) is 0 Å². The first-order valence-corrected chi connectivity index (χ1v) is 13.1. The van der Waals surface area contributed by atoms with Gasteiger partial charge in [0.25, 0.3) is 0 Å². The summed E-state index contributed by atoms with van der Waals surface area (Å²) in [6.07, 6.45) is 2.84. The van der Waals surface area contributed by atoms with E-state index in [0.29, 0.717) is 55.0 Å². The zero-order valence-electron chi connectivity index (χ0n) is 23.4. The first-order valence-electron chi connectivity index (χ1n) is 13.1. The molecule has 0 bridgehead atoms. The molecule has 0 aliphatic heterocycles. The lowest BCUT2D eigenvalue weighted by Crippen LogP contribution is -2.16. The Morgan fingerprint density at radius 2 is 1.39 bits per heavy atom. The monoisotopic (exact) mass is 528 g/mol. The zero-order valence-corrected chi connectivity index (χ0v) is 23.4. The quantitative estimate of drug-likeness (QED) is 0.183. The van der Waals surface area contributed by atoms with Gasteiger partial charge < -0.3 is 37.6 Å². The summed E-state index contributed by atoms with van der Waals surface area (Å²) in [4.78, 5) is 0. The Bertz CT molecular complexity index is 1170. The third kappa shape index (κ3) is 8.23. The zero-order chi connectivity index (χ0) is 27.5. The number of benzene rings is 2. The molecule has 0 saturated heterocycles. The maximum atomic E-state index is 6.30. The predicted molar refractivity (Wildman–Crippen MR) is 148 cm³/mol. The van der Waals surface area contributed by atoms with Crippen LogP contribution in [0.15, 0.2) is 46.9 Å². The van der Waals surface area contributed by atoms with Crippen LogP contribution >= 0.6 is 0 Å². The fourth-order valence-corrected chi connectivity index (χ4v) is 3.94. The summed E-state index contributed by atoms with van der Waals surface area (Å²) in [5.74, 6) is 2.44. The lowest BCUT2D eigenvalue weighted by Gasteiger charge is -2.17. The third-order valence-electron chi connectivity index (χ3n) is 5.58. The first-order chi connectivity index (χ1) is 18.4.